The Hall–Kier alpha value is -2.89. The van der Waals surface area contributed by atoms with Crippen molar-refractivity contribution >= 4 is 11.6 Å². The van der Waals surface area contributed by atoms with Gasteiger partial charge < -0.3 is 10.6 Å². The minimum atomic E-state index is 0.203. The molecule has 0 spiro atoms. The van der Waals surface area contributed by atoms with Crippen molar-refractivity contribution in [3.63, 3.8) is 0 Å². The summed E-state index contributed by atoms with van der Waals surface area (Å²) >= 11 is 0. The molecule has 6 heteroatoms. The summed E-state index contributed by atoms with van der Waals surface area (Å²) < 4.78 is 2.02. The number of hydrogen-bond donors (Lipinski definition) is 2. The fraction of sp³-hybridized carbons (Fsp3) is 0.435. The number of aliphatic imine (C=N–C) groups is 1. The number of aromatic nitrogens is 3. The van der Waals surface area contributed by atoms with Crippen LogP contribution in [0.1, 0.15) is 55.2 Å². The van der Waals surface area contributed by atoms with E-state index in [1.807, 2.05) is 28.8 Å². The van der Waals surface area contributed by atoms with E-state index in [2.05, 4.69) is 52.9 Å². The normalized spacial score (nSPS) is 15.2. The molecule has 0 amide bonds. The Balaban J connectivity index is 1.41. The average molecular weight is 391 g/mol. The molecule has 29 heavy (non-hydrogen) atoms. The summed E-state index contributed by atoms with van der Waals surface area (Å²) in [6.07, 6.45) is 7.79. The highest BCUT2D eigenvalue weighted by Gasteiger charge is 2.13. The second kappa shape index (κ2) is 9.07. The third-order valence-electron chi connectivity index (χ3n) is 5.56. The smallest absolute Gasteiger partial charge is 0.191 e. The highest BCUT2D eigenvalue weighted by Crippen LogP contribution is 2.24. The topological polar surface area (TPSA) is 66.6 Å². The summed E-state index contributed by atoms with van der Waals surface area (Å²) in [5.41, 5.74) is 5.23. The molecule has 0 radical (unpaired) electrons. The summed E-state index contributed by atoms with van der Waals surface area (Å²) in [5.74, 6) is 1.77. The van der Waals surface area contributed by atoms with Crippen molar-refractivity contribution in [1.82, 2.24) is 25.2 Å². The van der Waals surface area contributed by atoms with Gasteiger partial charge in [0, 0.05) is 25.7 Å². The largest absolute Gasteiger partial charge is 0.357 e. The first-order valence-electron chi connectivity index (χ1n) is 10.7. The van der Waals surface area contributed by atoms with Gasteiger partial charge in [0.15, 0.2) is 11.6 Å². The quantitative estimate of drug-likeness (QED) is 0.500. The van der Waals surface area contributed by atoms with Gasteiger partial charge in [0.05, 0.1) is 6.04 Å². The molecular formula is C23H30N6. The summed E-state index contributed by atoms with van der Waals surface area (Å²) in [6, 6.07) is 13.1. The van der Waals surface area contributed by atoms with Gasteiger partial charge in [-0.05, 0) is 68.4 Å². The number of aryl methyl sites for hydroxylation is 2. The zero-order valence-electron chi connectivity index (χ0n) is 17.4. The van der Waals surface area contributed by atoms with Gasteiger partial charge in [0.25, 0.3) is 0 Å². The van der Waals surface area contributed by atoms with Gasteiger partial charge in [0.2, 0.25) is 0 Å². The molecule has 3 aromatic rings. The van der Waals surface area contributed by atoms with Crippen LogP contribution in [0.15, 0.2) is 47.6 Å². The monoisotopic (exact) mass is 390 g/mol. The third kappa shape index (κ3) is 4.58. The predicted molar refractivity (Wildman–Crippen MR) is 117 cm³/mol. The summed E-state index contributed by atoms with van der Waals surface area (Å²) in [7, 11) is 0. The van der Waals surface area contributed by atoms with Crippen LogP contribution in [0.5, 0.6) is 0 Å². The number of nitrogens with one attached hydrogen (secondary N) is 2. The second-order valence-electron chi connectivity index (χ2n) is 7.66. The van der Waals surface area contributed by atoms with Crippen LogP contribution in [0.25, 0.3) is 5.65 Å². The Bertz CT molecular complexity index is 990. The van der Waals surface area contributed by atoms with E-state index >= 15 is 0 Å². The molecule has 1 aliphatic rings. The average Bonchev–Trinajstić information content (AvgIpc) is 3.16. The maximum Gasteiger partial charge on any atom is 0.191 e. The summed E-state index contributed by atoms with van der Waals surface area (Å²) in [5, 5.41) is 15.4. The lowest BCUT2D eigenvalue weighted by atomic mass is 9.89. The van der Waals surface area contributed by atoms with Crippen molar-refractivity contribution in [3.05, 3.63) is 65.1 Å². The molecule has 0 saturated heterocycles. The molecule has 1 unspecified atom stereocenters. The molecule has 2 heterocycles. The maximum atomic E-state index is 4.76. The molecule has 152 valence electrons. The number of guanidine groups is 1. The highest BCUT2D eigenvalue weighted by atomic mass is 15.2. The van der Waals surface area contributed by atoms with E-state index in [-0.39, 0.29) is 6.04 Å². The van der Waals surface area contributed by atoms with Crippen molar-refractivity contribution in [2.24, 2.45) is 4.99 Å². The number of rotatable bonds is 6. The van der Waals surface area contributed by atoms with E-state index in [0.717, 1.165) is 30.4 Å². The van der Waals surface area contributed by atoms with Gasteiger partial charge in [-0.1, -0.05) is 24.3 Å². The predicted octanol–water partition coefficient (Wildman–Crippen LogP) is 3.47. The van der Waals surface area contributed by atoms with Crippen LogP contribution in [-0.2, 0) is 19.3 Å². The standard InChI is InChI=1S/C23H30N6/c1-3-24-23(25-14-13-22-28-27-21-10-6-7-15-29(21)22)26-17(2)19-12-11-18-8-4-5-9-20(18)16-19/h6-7,10-12,15-17H,3-5,8-9,13-14H2,1-2H3,(H2,24,25,26). The van der Waals surface area contributed by atoms with Crippen LogP contribution >= 0.6 is 0 Å². The van der Waals surface area contributed by atoms with Gasteiger partial charge >= 0.3 is 0 Å². The molecular weight excluding hydrogens is 360 g/mol. The fourth-order valence-electron chi connectivity index (χ4n) is 3.96. The van der Waals surface area contributed by atoms with Gasteiger partial charge in [-0.3, -0.25) is 9.39 Å². The van der Waals surface area contributed by atoms with Crippen molar-refractivity contribution in [1.29, 1.82) is 0 Å². The minimum Gasteiger partial charge on any atom is -0.357 e. The summed E-state index contributed by atoms with van der Waals surface area (Å²) in [6.45, 7) is 5.77. The second-order valence-corrected chi connectivity index (χ2v) is 7.66. The van der Waals surface area contributed by atoms with Crippen molar-refractivity contribution in [2.75, 3.05) is 13.1 Å². The summed E-state index contributed by atoms with van der Waals surface area (Å²) in [4.78, 5) is 4.76. The van der Waals surface area contributed by atoms with Crippen LogP contribution < -0.4 is 10.6 Å². The molecule has 0 fully saturated rings. The van der Waals surface area contributed by atoms with Crippen LogP contribution in [0, 0.1) is 0 Å². The molecule has 2 aromatic heterocycles. The Kier molecular flexibility index (Phi) is 6.08. The minimum absolute atomic E-state index is 0.203. The Labute approximate surface area is 172 Å². The van der Waals surface area contributed by atoms with E-state index in [1.54, 1.807) is 0 Å². The lowest BCUT2D eigenvalue weighted by Gasteiger charge is -2.21. The molecule has 0 saturated carbocycles. The zero-order chi connectivity index (χ0) is 20.1. The number of nitrogens with zero attached hydrogens (tertiary/aromatic N) is 4. The van der Waals surface area contributed by atoms with Crippen molar-refractivity contribution in [3.8, 4) is 0 Å². The Morgan fingerprint density at radius 1 is 1.14 bits per heavy atom. The van der Waals surface area contributed by atoms with Gasteiger partial charge in [-0.15, -0.1) is 10.2 Å². The molecule has 2 N–H and O–H groups in total. The van der Waals surface area contributed by atoms with E-state index in [0.29, 0.717) is 6.54 Å². The fourth-order valence-corrected chi connectivity index (χ4v) is 3.96. The van der Waals surface area contributed by atoms with Crippen LogP contribution in [0.3, 0.4) is 0 Å². The third-order valence-corrected chi connectivity index (χ3v) is 5.56. The first kappa shape index (κ1) is 19.4. The van der Waals surface area contributed by atoms with Gasteiger partial charge in [-0.25, -0.2) is 0 Å². The molecule has 1 aromatic carbocycles. The molecule has 6 nitrogen and oxygen atoms in total. The SMILES string of the molecule is CCNC(=NCCc1nnc2ccccn12)NC(C)c1ccc2c(c1)CCCC2. The molecule has 0 bridgehead atoms. The van der Waals surface area contributed by atoms with E-state index in [1.165, 1.54) is 42.4 Å². The lowest BCUT2D eigenvalue weighted by molar-refractivity contribution is 0.665. The number of benzene rings is 1. The van der Waals surface area contributed by atoms with Crippen LogP contribution in [-0.4, -0.2) is 33.6 Å². The van der Waals surface area contributed by atoms with E-state index in [9.17, 15) is 0 Å². The van der Waals surface area contributed by atoms with E-state index < -0.39 is 0 Å². The van der Waals surface area contributed by atoms with Crippen LogP contribution in [0.2, 0.25) is 0 Å². The molecule has 1 aliphatic carbocycles. The Morgan fingerprint density at radius 3 is 2.86 bits per heavy atom. The first-order valence-corrected chi connectivity index (χ1v) is 10.7. The Morgan fingerprint density at radius 2 is 2.00 bits per heavy atom. The molecule has 0 aliphatic heterocycles. The molecule has 1 atom stereocenters. The number of pyridine rings is 1. The number of hydrogen-bond acceptors (Lipinski definition) is 3. The zero-order valence-corrected chi connectivity index (χ0v) is 17.4. The first-order chi connectivity index (χ1) is 14.2. The van der Waals surface area contributed by atoms with Crippen LogP contribution in [0.4, 0.5) is 0 Å². The molecule has 4 rings (SSSR count). The highest BCUT2D eigenvalue weighted by molar-refractivity contribution is 5.80. The maximum absolute atomic E-state index is 4.76. The van der Waals surface area contributed by atoms with Crippen molar-refractivity contribution in [2.45, 2.75) is 52.0 Å². The van der Waals surface area contributed by atoms with Crippen molar-refractivity contribution < 1.29 is 0 Å². The van der Waals surface area contributed by atoms with E-state index in [4.69, 9.17) is 4.99 Å². The van der Waals surface area contributed by atoms with Gasteiger partial charge in [0.1, 0.15) is 5.82 Å². The number of fused-ring (bicyclic) bond motifs is 2. The van der Waals surface area contributed by atoms with Gasteiger partial charge in [-0.2, -0.15) is 0 Å². The lowest BCUT2D eigenvalue weighted by Crippen LogP contribution is -2.39.